The Morgan fingerprint density at radius 1 is 1.33 bits per heavy atom. The Labute approximate surface area is 123 Å². The Hall–Kier alpha value is -2.24. The van der Waals surface area contributed by atoms with E-state index in [1.165, 1.54) is 0 Å². The van der Waals surface area contributed by atoms with Gasteiger partial charge in [-0.05, 0) is 30.5 Å². The van der Waals surface area contributed by atoms with Crippen LogP contribution in [0.25, 0.3) is 0 Å². The molecule has 0 aromatic heterocycles. The summed E-state index contributed by atoms with van der Waals surface area (Å²) in [5.74, 6) is -0.116. The van der Waals surface area contributed by atoms with Crippen LogP contribution in [0, 0.1) is 0 Å². The summed E-state index contributed by atoms with van der Waals surface area (Å²) in [4.78, 5) is 24.4. The van der Waals surface area contributed by atoms with Crippen LogP contribution < -0.4 is 10.1 Å². The van der Waals surface area contributed by atoms with E-state index in [-0.39, 0.29) is 25.0 Å². The number of carbonyl (C=O) groups excluding carboxylic acids is 1. The van der Waals surface area contributed by atoms with Crippen LogP contribution in [-0.2, 0) is 11.3 Å². The minimum Gasteiger partial charge on any atom is -0.497 e. The van der Waals surface area contributed by atoms with Gasteiger partial charge in [-0.2, -0.15) is 0 Å². The maximum absolute atomic E-state index is 12.1. The van der Waals surface area contributed by atoms with E-state index in [1.807, 2.05) is 24.3 Å². The Balaban J connectivity index is 1.84. The molecule has 0 heterocycles. The molecule has 0 radical (unpaired) electrons. The lowest BCUT2D eigenvalue weighted by molar-refractivity contribution is -0.137. The maximum atomic E-state index is 12.1. The average Bonchev–Trinajstić information content (AvgIpc) is 3.30. The van der Waals surface area contributed by atoms with Crippen LogP contribution in [0.2, 0.25) is 0 Å². The molecular weight excluding hydrogens is 272 g/mol. The lowest BCUT2D eigenvalue weighted by Gasteiger charge is -2.22. The standard InChI is InChI=1S/C15H20N2O4/c1-21-13-6-2-11(3-7-13)10-16-15(20)17(12-4-5-12)9-8-14(18)19/h2-3,6-7,12H,4-5,8-10H2,1H3,(H,16,20)(H,18,19). The van der Waals surface area contributed by atoms with Crippen molar-refractivity contribution in [1.82, 2.24) is 10.2 Å². The molecule has 114 valence electrons. The zero-order valence-electron chi connectivity index (χ0n) is 12.0. The summed E-state index contributed by atoms with van der Waals surface area (Å²) < 4.78 is 5.08. The number of carbonyl (C=O) groups is 2. The number of ether oxygens (including phenoxy) is 1. The van der Waals surface area contributed by atoms with E-state index in [0.717, 1.165) is 24.2 Å². The van der Waals surface area contributed by atoms with Gasteiger partial charge in [0.25, 0.3) is 0 Å². The van der Waals surface area contributed by atoms with Crippen molar-refractivity contribution in [2.45, 2.75) is 31.8 Å². The van der Waals surface area contributed by atoms with Gasteiger partial charge in [-0.15, -0.1) is 0 Å². The second-order valence-electron chi connectivity index (χ2n) is 5.08. The van der Waals surface area contributed by atoms with Crippen molar-refractivity contribution in [1.29, 1.82) is 0 Å². The van der Waals surface area contributed by atoms with Crippen molar-refractivity contribution in [3.05, 3.63) is 29.8 Å². The number of carboxylic acids is 1. The van der Waals surface area contributed by atoms with Gasteiger partial charge in [-0.25, -0.2) is 4.79 Å². The van der Waals surface area contributed by atoms with E-state index in [4.69, 9.17) is 9.84 Å². The van der Waals surface area contributed by atoms with Gasteiger partial charge in [-0.3, -0.25) is 4.79 Å². The third-order valence-electron chi connectivity index (χ3n) is 3.42. The molecule has 6 nitrogen and oxygen atoms in total. The number of aliphatic carboxylic acids is 1. The first-order chi connectivity index (χ1) is 10.1. The minimum atomic E-state index is -0.886. The topological polar surface area (TPSA) is 78.9 Å². The van der Waals surface area contributed by atoms with Gasteiger partial charge in [-0.1, -0.05) is 12.1 Å². The van der Waals surface area contributed by atoms with Crippen molar-refractivity contribution in [2.75, 3.05) is 13.7 Å². The number of hydrogen-bond acceptors (Lipinski definition) is 3. The van der Waals surface area contributed by atoms with E-state index in [2.05, 4.69) is 5.32 Å². The zero-order valence-corrected chi connectivity index (χ0v) is 12.0. The van der Waals surface area contributed by atoms with Crippen molar-refractivity contribution < 1.29 is 19.4 Å². The number of rotatable bonds is 7. The number of nitrogens with zero attached hydrogens (tertiary/aromatic N) is 1. The van der Waals surface area contributed by atoms with Crippen molar-refractivity contribution in [3.8, 4) is 5.75 Å². The van der Waals surface area contributed by atoms with E-state index < -0.39 is 5.97 Å². The third-order valence-corrected chi connectivity index (χ3v) is 3.42. The number of hydrogen-bond donors (Lipinski definition) is 2. The SMILES string of the molecule is COc1ccc(CNC(=O)N(CCC(=O)O)C2CC2)cc1. The second kappa shape index (κ2) is 6.97. The van der Waals surface area contributed by atoms with Gasteiger partial charge in [0.2, 0.25) is 0 Å². The monoisotopic (exact) mass is 292 g/mol. The molecule has 1 saturated carbocycles. The fourth-order valence-corrected chi connectivity index (χ4v) is 2.07. The third kappa shape index (κ3) is 4.66. The number of benzene rings is 1. The maximum Gasteiger partial charge on any atom is 0.317 e. The molecule has 0 aliphatic heterocycles. The Morgan fingerprint density at radius 3 is 2.52 bits per heavy atom. The van der Waals surface area contributed by atoms with E-state index in [1.54, 1.807) is 12.0 Å². The van der Waals surface area contributed by atoms with Gasteiger partial charge in [0.1, 0.15) is 5.75 Å². The molecule has 0 bridgehead atoms. The Kier molecular flexibility index (Phi) is 5.03. The predicted molar refractivity (Wildman–Crippen MR) is 77.2 cm³/mol. The van der Waals surface area contributed by atoms with Crippen molar-refractivity contribution in [3.63, 3.8) is 0 Å². The highest BCUT2D eigenvalue weighted by Gasteiger charge is 2.32. The second-order valence-corrected chi connectivity index (χ2v) is 5.08. The summed E-state index contributed by atoms with van der Waals surface area (Å²) in [5, 5.41) is 11.6. The largest absolute Gasteiger partial charge is 0.497 e. The average molecular weight is 292 g/mol. The Morgan fingerprint density at radius 2 is 2.00 bits per heavy atom. The molecule has 1 aromatic rings. The molecule has 0 unspecified atom stereocenters. The van der Waals surface area contributed by atoms with Gasteiger partial charge in [0, 0.05) is 19.1 Å². The molecule has 1 aliphatic rings. The molecule has 2 N–H and O–H groups in total. The van der Waals surface area contributed by atoms with Crippen LogP contribution in [0.3, 0.4) is 0 Å². The zero-order chi connectivity index (χ0) is 15.2. The first kappa shape index (κ1) is 15.2. The molecule has 2 amide bonds. The van der Waals surface area contributed by atoms with Crippen LogP contribution in [0.1, 0.15) is 24.8 Å². The van der Waals surface area contributed by atoms with Crippen LogP contribution in [-0.4, -0.2) is 41.7 Å². The molecule has 1 fully saturated rings. The highest BCUT2D eigenvalue weighted by atomic mass is 16.5. The van der Waals surface area contributed by atoms with Crippen LogP contribution in [0.5, 0.6) is 5.75 Å². The van der Waals surface area contributed by atoms with Gasteiger partial charge < -0.3 is 20.1 Å². The summed E-state index contributed by atoms with van der Waals surface area (Å²) in [6.07, 6.45) is 1.89. The fraction of sp³-hybridized carbons (Fsp3) is 0.467. The molecule has 1 aliphatic carbocycles. The highest BCUT2D eigenvalue weighted by molar-refractivity contribution is 5.76. The molecule has 0 saturated heterocycles. The van der Waals surface area contributed by atoms with Crippen LogP contribution >= 0.6 is 0 Å². The first-order valence-electron chi connectivity index (χ1n) is 6.99. The minimum absolute atomic E-state index is 0.0214. The number of nitrogens with one attached hydrogen (secondary N) is 1. The highest BCUT2D eigenvalue weighted by Crippen LogP contribution is 2.27. The summed E-state index contributed by atoms with van der Waals surface area (Å²) >= 11 is 0. The summed E-state index contributed by atoms with van der Waals surface area (Å²) in [6, 6.07) is 7.44. The molecule has 0 atom stereocenters. The van der Waals surface area contributed by atoms with E-state index in [9.17, 15) is 9.59 Å². The smallest absolute Gasteiger partial charge is 0.317 e. The van der Waals surface area contributed by atoms with Crippen molar-refractivity contribution in [2.24, 2.45) is 0 Å². The number of carboxylic acid groups (broad SMARTS) is 1. The van der Waals surface area contributed by atoms with E-state index >= 15 is 0 Å². The predicted octanol–water partition coefficient (Wildman–Crippen LogP) is 1.84. The van der Waals surface area contributed by atoms with E-state index in [0.29, 0.717) is 6.54 Å². The number of urea groups is 1. The molecular formula is C15H20N2O4. The first-order valence-corrected chi connectivity index (χ1v) is 6.99. The fourth-order valence-electron chi connectivity index (χ4n) is 2.07. The lowest BCUT2D eigenvalue weighted by Crippen LogP contribution is -2.42. The summed E-state index contributed by atoms with van der Waals surface area (Å²) in [6.45, 7) is 0.674. The lowest BCUT2D eigenvalue weighted by atomic mass is 10.2. The normalized spacial score (nSPS) is 13.6. The number of amides is 2. The summed E-state index contributed by atoms with van der Waals surface area (Å²) in [5.41, 5.74) is 0.970. The van der Waals surface area contributed by atoms with Crippen LogP contribution in [0.15, 0.2) is 24.3 Å². The molecule has 2 rings (SSSR count). The van der Waals surface area contributed by atoms with Gasteiger partial charge in [0.15, 0.2) is 0 Å². The number of methoxy groups -OCH3 is 1. The quantitative estimate of drug-likeness (QED) is 0.804. The van der Waals surface area contributed by atoms with Gasteiger partial charge in [0.05, 0.1) is 13.5 Å². The molecule has 6 heteroatoms. The van der Waals surface area contributed by atoms with Crippen molar-refractivity contribution >= 4 is 12.0 Å². The van der Waals surface area contributed by atoms with Gasteiger partial charge >= 0.3 is 12.0 Å². The summed E-state index contributed by atoms with van der Waals surface area (Å²) in [7, 11) is 1.60. The molecule has 1 aromatic carbocycles. The molecule has 0 spiro atoms. The Bertz CT molecular complexity index is 497. The van der Waals surface area contributed by atoms with Crippen LogP contribution in [0.4, 0.5) is 4.79 Å². The molecule has 21 heavy (non-hydrogen) atoms.